The van der Waals surface area contributed by atoms with Crippen LogP contribution in [0.25, 0.3) is 0 Å². The number of halogens is 2. The van der Waals surface area contributed by atoms with Gasteiger partial charge in [-0.1, -0.05) is 6.07 Å². The van der Waals surface area contributed by atoms with Crippen LogP contribution >= 0.6 is 0 Å². The fourth-order valence-corrected chi connectivity index (χ4v) is 4.33. The molecule has 4 rings (SSSR count). The number of fused-ring (bicyclic) bond motifs is 1. The average Bonchev–Trinajstić information content (AvgIpc) is 3.15. The van der Waals surface area contributed by atoms with Crippen molar-refractivity contribution >= 4 is 11.9 Å². The number of nitrogens with one attached hydrogen (secondary N) is 1. The predicted octanol–water partition coefficient (Wildman–Crippen LogP) is 3.95. The number of carbonyl (C=O) groups excluding carboxylic acids is 2. The number of carbonyl (C=O) groups is 2. The van der Waals surface area contributed by atoms with E-state index in [1.54, 1.807) is 6.07 Å². The van der Waals surface area contributed by atoms with Crippen molar-refractivity contribution < 1.29 is 46.9 Å². The van der Waals surface area contributed by atoms with Gasteiger partial charge in [0.25, 0.3) is 0 Å². The third-order valence-electron chi connectivity index (χ3n) is 5.91. The minimum Gasteiger partial charge on any atom is -0.493 e. The van der Waals surface area contributed by atoms with E-state index in [4.69, 9.17) is 19.0 Å². The van der Waals surface area contributed by atoms with Gasteiger partial charge in [-0.15, -0.1) is 14.3 Å². The van der Waals surface area contributed by atoms with E-state index in [1.807, 2.05) is 12.1 Å². The van der Waals surface area contributed by atoms with E-state index >= 15 is 0 Å². The monoisotopic (exact) mass is 493 g/mol. The molecule has 1 aliphatic carbocycles. The van der Waals surface area contributed by atoms with Gasteiger partial charge < -0.3 is 28.5 Å². The number of hydrogen-bond donors (Lipinski definition) is 1. The molecular formula is C24H25F2NO8. The first kappa shape index (κ1) is 24.5. The lowest BCUT2D eigenvalue weighted by molar-refractivity contribution is -0.286. The van der Waals surface area contributed by atoms with E-state index < -0.39 is 12.3 Å². The Balaban J connectivity index is 1.49. The van der Waals surface area contributed by atoms with Crippen molar-refractivity contribution in [3.63, 3.8) is 0 Å². The standard InChI is InChI=1S/C24H25F2NO8/c1-13(28)32-16-6-7-18(17(12-16)14-4-8-19(30-2)21(10-14)31-3)27-35-23(29)15-5-9-20-22(11-15)34-24(25,26)33-20/h4-5,8-11,16-18,27H,6-7,12H2,1-3H3. The molecule has 1 fully saturated rings. The van der Waals surface area contributed by atoms with Crippen LogP contribution in [0, 0.1) is 0 Å². The summed E-state index contributed by atoms with van der Waals surface area (Å²) in [6.07, 6.45) is -2.48. The number of ether oxygens (including phenoxy) is 5. The van der Waals surface area contributed by atoms with Crippen LogP contribution in [0.5, 0.6) is 23.0 Å². The molecule has 1 N–H and O–H groups in total. The molecule has 2 aromatic carbocycles. The van der Waals surface area contributed by atoms with Crippen LogP contribution in [0.15, 0.2) is 36.4 Å². The van der Waals surface area contributed by atoms with E-state index in [-0.39, 0.29) is 41.1 Å². The number of rotatable bonds is 7. The Hall–Kier alpha value is -3.60. The van der Waals surface area contributed by atoms with Crippen molar-refractivity contribution in [2.24, 2.45) is 0 Å². The summed E-state index contributed by atoms with van der Waals surface area (Å²) in [4.78, 5) is 29.4. The highest BCUT2D eigenvalue weighted by Crippen LogP contribution is 2.42. The van der Waals surface area contributed by atoms with Crippen LogP contribution in [-0.2, 0) is 14.4 Å². The van der Waals surface area contributed by atoms with Crippen LogP contribution in [0.2, 0.25) is 0 Å². The molecule has 11 heteroatoms. The minimum atomic E-state index is -3.78. The fraction of sp³-hybridized carbons (Fsp3) is 0.417. The quantitative estimate of drug-likeness (QED) is 0.454. The number of alkyl halides is 2. The maximum atomic E-state index is 13.3. The van der Waals surface area contributed by atoms with E-state index in [0.717, 1.165) is 11.6 Å². The van der Waals surface area contributed by atoms with Gasteiger partial charge in [-0.2, -0.15) is 0 Å². The molecule has 188 valence electrons. The average molecular weight is 493 g/mol. The van der Waals surface area contributed by atoms with Crippen LogP contribution < -0.4 is 24.4 Å². The molecule has 0 aromatic heterocycles. The van der Waals surface area contributed by atoms with E-state index in [2.05, 4.69) is 15.0 Å². The maximum absolute atomic E-state index is 13.3. The van der Waals surface area contributed by atoms with Crippen LogP contribution in [0.3, 0.4) is 0 Å². The Morgan fingerprint density at radius 1 is 1.00 bits per heavy atom. The second kappa shape index (κ2) is 9.95. The molecule has 0 radical (unpaired) electrons. The van der Waals surface area contributed by atoms with Gasteiger partial charge in [-0.25, -0.2) is 4.79 Å². The number of benzene rings is 2. The molecule has 0 spiro atoms. The molecule has 1 aliphatic heterocycles. The minimum absolute atomic E-state index is 0.00816. The van der Waals surface area contributed by atoms with Gasteiger partial charge in [-0.3, -0.25) is 4.79 Å². The molecule has 35 heavy (non-hydrogen) atoms. The van der Waals surface area contributed by atoms with Gasteiger partial charge >= 0.3 is 18.2 Å². The second-order valence-corrected chi connectivity index (χ2v) is 8.21. The predicted molar refractivity (Wildman–Crippen MR) is 117 cm³/mol. The molecular weight excluding hydrogens is 468 g/mol. The SMILES string of the molecule is COc1ccc(C2CC(OC(C)=O)CCC2NOC(=O)c2ccc3c(c2)OC(F)(F)O3)cc1OC. The summed E-state index contributed by atoms with van der Waals surface area (Å²) in [5, 5.41) is 0. The Labute approximate surface area is 200 Å². The largest absolute Gasteiger partial charge is 0.586 e. The molecule has 0 amide bonds. The highest BCUT2D eigenvalue weighted by atomic mass is 19.3. The number of hydroxylamine groups is 1. The van der Waals surface area contributed by atoms with E-state index in [1.165, 1.54) is 33.3 Å². The normalized spacial score (nSPS) is 22.3. The number of esters is 1. The molecule has 0 saturated heterocycles. The molecule has 9 nitrogen and oxygen atoms in total. The smallest absolute Gasteiger partial charge is 0.493 e. The van der Waals surface area contributed by atoms with Crippen molar-refractivity contribution in [3.8, 4) is 23.0 Å². The maximum Gasteiger partial charge on any atom is 0.586 e. The van der Waals surface area contributed by atoms with Crippen LogP contribution in [0.1, 0.15) is 48.0 Å². The zero-order valence-corrected chi connectivity index (χ0v) is 19.3. The van der Waals surface area contributed by atoms with Crippen molar-refractivity contribution in [1.29, 1.82) is 0 Å². The van der Waals surface area contributed by atoms with Crippen molar-refractivity contribution in [2.45, 2.75) is 50.5 Å². The van der Waals surface area contributed by atoms with Crippen LogP contribution in [0.4, 0.5) is 8.78 Å². The highest BCUT2D eigenvalue weighted by Gasteiger charge is 2.43. The van der Waals surface area contributed by atoms with Gasteiger partial charge in [-0.05, 0) is 55.2 Å². The molecule has 1 saturated carbocycles. The van der Waals surface area contributed by atoms with Gasteiger partial charge in [0.05, 0.1) is 25.8 Å². The first-order valence-corrected chi connectivity index (χ1v) is 10.9. The third-order valence-corrected chi connectivity index (χ3v) is 5.91. The molecule has 1 heterocycles. The number of hydrogen-bond acceptors (Lipinski definition) is 9. The Morgan fingerprint density at radius 2 is 1.74 bits per heavy atom. The number of methoxy groups -OCH3 is 2. The lowest BCUT2D eigenvalue weighted by Crippen LogP contribution is -2.42. The first-order chi connectivity index (χ1) is 16.7. The Morgan fingerprint density at radius 3 is 2.46 bits per heavy atom. The fourth-order valence-electron chi connectivity index (χ4n) is 4.33. The summed E-state index contributed by atoms with van der Waals surface area (Å²) in [6.45, 7) is 1.36. The lowest BCUT2D eigenvalue weighted by Gasteiger charge is -2.36. The summed E-state index contributed by atoms with van der Waals surface area (Å²) in [5.74, 6) is -0.671. The summed E-state index contributed by atoms with van der Waals surface area (Å²) < 4.78 is 51.4. The zero-order chi connectivity index (χ0) is 25.2. The van der Waals surface area contributed by atoms with Crippen molar-refractivity contribution in [1.82, 2.24) is 5.48 Å². The lowest BCUT2D eigenvalue weighted by atomic mass is 9.79. The summed E-state index contributed by atoms with van der Waals surface area (Å²) in [7, 11) is 3.07. The van der Waals surface area contributed by atoms with Gasteiger partial charge in [0.15, 0.2) is 23.0 Å². The molecule has 0 bridgehead atoms. The highest BCUT2D eigenvalue weighted by molar-refractivity contribution is 5.90. The molecule has 2 aromatic rings. The summed E-state index contributed by atoms with van der Waals surface area (Å²) in [5.41, 5.74) is 3.69. The summed E-state index contributed by atoms with van der Waals surface area (Å²) >= 11 is 0. The first-order valence-electron chi connectivity index (χ1n) is 10.9. The second-order valence-electron chi connectivity index (χ2n) is 8.21. The summed E-state index contributed by atoms with van der Waals surface area (Å²) in [6, 6.07) is 8.80. The zero-order valence-electron chi connectivity index (χ0n) is 19.3. The van der Waals surface area contributed by atoms with Gasteiger partial charge in [0, 0.05) is 12.8 Å². The third kappa shape index (κ3) is 5.56. The Kier molecular flexibility index (Phi) is 6.97. The van der Waals surface area contributed by atoms with Crippen molar-refractivity contribution in [3.05, 3.63) is 47.5 Å². The van der Waals surface area contributed by atoms with E-state index in [0.29, 0.717) is 30.8 Å². The molecule has 3 unspecified atom stereocenters. The molecule has 3 atom stereocenters. The Bertz CT molecular complexity index is 1110. The van der Waals surface area contributed by atoms with Gasteiger partial charge in [0.2, 0.25) is 0 Å². The van der Waals surface area contributed by atoms with Crippen LogP contribution in [-0.4, -0.2) is 44.6 Å². The molecule has 2 aliphatic rings. The van der Waals surface area contributed by atoms with Gasteiger partial charge in [0.1, 0.15) is 6.10 Å². The van der Waals surface area contributed by atoms with Crippen molar-refractivity contribution in [2.75, 3.05) is 14.2 Å². The topological polar surface area (TPSA) is 102 Å². The van der Waals surface area contributed by atoms with E-state index in [9.17, 15) is 18.4 Å².